The lowest BCUT2D eigenvalue weighted by atomic mass is 10.2. The van der Waals surface area contributed by atoms with Crippen LogP contribution in [0.3, 0.4) is 0 Å². The first kappa shape index (κ1) is 8.99. The Labute approximate surface area is 69.8 Å². The van der Waals surface area contributed by atoms with Crippen LogP contribution in [0.2, 0.25) is 0 Å². The van der Waals surface area contributed by atoms with E-state index in [0.29, 0.717) is 0 Å². The van der Waals surface area contributed by atoms with Gasteiger partial charge in [0.1, 0.15) is 0 Å². The monoisotopic (exact) mass is 172 g/mol. The van der Waals surface area contributed by atoms with Gasteiger partial charge >= 0.3 is 5.97 Å². The molecule has 0 bridgehead atoms. The molecule has 1 aliphatic rings. The highest BCUT2D eigenvalue weighted by atomic mass is 16.7. The molecule has 0 aromatic rings. The zero-order valence-corrected chi connectivity index (χ0v) is 6.70. The second-order valence-electron chi connectivity index (χ2n) is 2.35. The Morgan fingerprint density at radius 3 is 2.92 bits per heavy atom. The first-order valence-corrected chi connectivity index (χ1v) is 3.61. The molecule has 0 saturated carbocycles. The van der Waals surface area contributed by atoms with E-state index in [4.69, 9.17) is 10.5 Å². The molecule has 1 heterocycles. The largest absolute Gasteiger partial charge is 0.423 e. The van der Waals surface area contributed by atoms with Crippen LogP contribution >= 0.6 is 0 Å². The van der Waals surface area contributed by atoms with E-state index < -0.39 is 17.7 Å². The zero-order valence-electron chi connectivity index (χ0n) is 6.70. The standard InChI is InChI=1S/C7H10NO4/c1-2-11-7(6(8)10)4-3-5(9)12-7/h4H,2-3H2,1H3,(H2,8,10)/t7-/m1/s1. The Kier molecular flexibility index (Phi) is 2.32. The van der Waals surface area contributed by atoms with Crippen LogP contribution in [0.1, 0.15) is 13.3 Å². The molecule has 67 valence electrons. The van der Waals surface area contributed by atoms with Crippen molar-refractivity contribution in [3.05, 3.63) is 6.42 Å². The molecule has 0 unspecified atom stereocenters. The van der Waals surface area contributed by atoms with Crippen LogP contribution < -0.4 is 5.73 Å². The molecule has 1 aliphatic heterocycles. The predicted molar refractivity (Wildman–Crippen MR) is 38.6 cm³/mol. The summed E-state index contributed by atoms with van der Waals surface area (Å²) in [5, 5.41) is 0. The fraction of sp³-hybridized carbons (Fsp3) is 0.571. The summed E-state index contributed by atoms with van der Waals surface area (Å²) in [6, 6.07) is 0. The number of rotatable bonds is 3. The van der Waals surface area contributed by atoms with Crippen molar-refractivity contribution in [1.82, 2.24) is 0 Å². The van der Waals surface area contributed by atoms with Crippen molar-refractivity contribution >= 4 is 11.9 Å². The second-order valence-corrected chi connectivity index (χ2v) is 2.35. The second kappa shape index (κ2) is 3.10. The average Bonchev–Trinajstić information content (AvgIpc) is 2.34. The summed E-state index contributed by atoms with van der Waals surface area (Å²) >= 11 is 0. The normalized spacial score (nSPS) is 28.6. The van der Waals surface area contributed by atoms with E-state index in [1.54, 1.807) is 6.92 Å². The third-order valence-corrected chi connectivity index (χ3v) is 1.51. The number of amides is 1. The Morgan fingerprint density at radius 1 is 1.92 bits per heavy atom. The minimum Gasteiger partial charge on any atom is -0.423 e. The van der Waals surface area contributed by atoms with Gasteiger partial charge in [0, 0.05) is 6.61 Å². The van der Waals surface area contributed by atoms with Crippen LogP contribution in [0.5, 0.6) is 0 Å². The number of ether oxygens (including phenoxy) is 2. The van der Waals surface area contributed by atoms with Crippen LogP contribution in [0.4, 0.5) is 0 Å². The van der Waals surface area contributed by atoms with Gasteiger partial charge in [-0.2, -0.15) is 0 Å². The van der Waals surface area contributed by atoms with Gasteiger partial charge in [0.25, 0.3) is 11.7 Å². The van der Waals surface area contributed by atoms with Crippen LogP contribution in [0.15, 0.2) is 0 Å². The van der Waals surface area contributed by atoms with E-state index in [0.717, 1.165) is 0 Å². The number of primary amides is 1. The highest BCUT2D eigenvalue weighted by molar-refractivity contribution is 5.90. The molecule has 0 spiro atoms. The lowest BCUT2D eigenvalue weighted by Crippen LogP contribution is -2.46. The maximum Gasteiger partial charge on any atom is 0.309 e. The van der Waals surface area contributed by atoms with Gasteiger partial charge in [0.05, 0.1) is 12.8 Å². The third-order valence-electron chi connectivity index (χ3n) is 1.51. The molecular weight excluding hydrogens is 162 g/mol. The van der Waals surface area contributed by atoms with Crippen molar-refractivity contribution in [2.75, 3.05) is 6.61 Å². The summed E-state index contributed by atoms with van der Waals surface area (Å²) in [6.07, 6.45) is 1.39. The molecule has 1 atom stereocenters. The fourth-order valence-electron chi connectivity index (χ4n) is 0.995. The van der Waals surface area contributed by atoms with E-state index in [-0.39, 0.29) is 13.0 Å². The Balaban J connectivity index is 2.74. The minimum atomic E-state index is -1.62. The molecule has 1 amide bonds. The lowest BCUT2D eigenvalue weighted by molar-refractivity contribution is -0.200. The van der Waals surface area contributed by atoms with Crippen molar-refractivity contribution < 1.29 is 19.1 Å². The van der Waals surface area contributed by atoms with Crippen LogP contribution in [-0.2, 0) is 19.1 Å². The Bertz CT molecular complexity index is 215. The molecule has 0 aromatic carbocycles. The molecule has 0 aliphatic carbocycles. The smallest absolute Gasteiger partial charge is 0.309 e. The topological polar surface area (TPSA) is 78.6 Å². The van der Waals surface area contributed by atoms with Gasteiger partial charge in [-0.25, -0.2) is 0 Å². The first-order chi connectivity index (χ1) is 5.60. The maximum atomic E-state index is 10.8. The van der Waals surface area contributed by atoms with Crippen molar-refractivity contribution in [3.8, 4) is 0 Å². The van der Waals surface area contributed by atoms with Crippen molar-refractivity contribution in [2.24, 2.45) is 5.73 Å². The van der Waals surface area contributed by atoms with Crippen molar-refractivity contribution in [2.45, 2.75) is 19.1 Å². The van der Waals surface area contributed by atoms with Crippen LogP contribution in [0, 0.1) is 6.42 Å². The molecule has 0 aromatic heterocycles. The summed E-state index contributed by atoms with van der Waals surface area (Å²) in [4.78, 5) is 21.5. The molecule has 1 saturated heterocycles. The number of hydrogen-bond donors (Lipinski definition) is 1. The van der Waals surface area contributed by atoms with Gasteiger partial charge in [0.2, 0.25) is 0 Å². The highest BCUT2D eigenvalue weighted by Gasteiger charge is 2.47. The fourth-order valence-corrected chi connectivity index (χ4v) is 0.995. The first-order valence-electron chi connectivity index (χ1n) is 3.61. The summed E-state index contributed by atoms with van der Waals surface area (Å²) in [5.74, 6) is -2.91. The van der Waals surface area contributed by atoms with E-state index >= 15 is 0 Å². The van der Waals surface area contributed by atoms with Gasteiger partial charge in [-0.1, -0.05) is 0 Å². The number of hydrogen-bond acceptors (Lipinski definition) is 4. The molecule has 1 radical (unpaired) electrons. The van der Waals surface area contributed by atoms with Gasteiger partial charge < -0.3 is 15.2 Å². The van der Waals surface area contributed by atoms with E-state index in [9.17, 15) is 9.59 Å². The molecule has 1 fully saturated rings. The number of carbonyl (C=O) groups is 2. The molecule has 5 nitrogen and oxygen atoms in total. The van der Waals surface area contributed by atoms with Crippen molar-refractivity contribution in [1.29, 1.82) is 0 Å². The number of esters is 1. The highest BCUT2D eigenvalue weighted by Crippen LogP contribution is 2.26. The van der Waals surface area contributed by atoms with E-state index in [2.05, 4.69) is 4.74 Å². The van der Waals surface area contributed by atoms with Gasteiger partial charge in [-0.05, 0) is 6.92 Å². The third kappa shape index (κ3) is 1.40. The Morgan fingerprint density at radius 2 is 2.58 bits per heavy atom. The number of cyclic esters (lactones) is 1. The van der Waals surface area contributed by atoms with E-state index in [1.165, 1.54) is 6.42 Å². The average molecular weight is 172 g/mol. The zero-order chi connectivity index (χ0) is 9.19. The molecular formula is C7H10NO4. The molecule has 12 heavy (non-hydrogen) atoms. The van der Waals surface area contributed by atoms with Crippen LogP contribution in [0.25, 0.3) is 0 Å². The Hall–Kier alpha value is -1.10. The predicted octanol–water partition coefficient (Wildman–Crippen LogP) is -0.644. The summed E-state index contributed by atoms with van der Waals surface area (Å²) in [5.41, 5.74) is 5.01. The summed E-state index contributed by atoms with van der Waals surface area (Å²) in [6.45, 7) is 1.94. The molecule has 2 N–H and O–H groups in total. The number of carbonyl (C=O) groups excluding carboxylic acids is 2. The van der Waals surface area contributed by atoms with Crippen molar-refractivity contribution in [3.63, 3.8) is 0 Å². The van der Waals surface area contributed by atoms with Gasteiger partial charge in [0.15, 0.2) is 0 Å². The quantitative estimate of drug-likeness (QED) is 0.574. The van der Waals surface area contributed by atoms with E-state index in [1.807, 2.05) is 0 Å². The summed E-state index contributed by atoms with van der Waals surface area (Å²) < 4.78 is 9.61. The summed E-state index contributed by atoms with van der Waals surface area (Å²) in [7, 11) is 0. The molecule has 5 heteroatoms. The maximum absolute atomic E-state index is 10.8. The van der Waals surface area contributed by atoms with Gasteiger partial charge in [-0.15, -0.1) is 0 Å². The number of nitrogens with two attached hydrogens (primary N) is 1. The molecule has 1 rings (SSSR count). The van der Waals surface area contributed by atoms with Gasteiger partial charge in [-0.3, -0.25) is 9.59 Å². The lowest BCUT2D eigenvalue weighted by Gasteiger charge is -2.22. The minimum absolute atomic E-state index is 0.0585. The van der Waals surface area contributed by atoms with Crippen LogP contribution in [-0.4, -0.2) is 24.3 Å². The SMILES string of the molecule is CCO[C@]1(C(N)=O)[CH]CC(=O)O1.